The van der Waals surface area contributed by atoms with Crippen molar-refractivity contribution in [3.05, 3.63) is 82.7 Å². The van der Waals surface area contributed by atoms with Gasteiger partial charge in [0, 0.05) is 35.0 Å². The van der Waals surface area contributed by atoms with E-state index in [0.717, 1.165) is 44.5 Å². The lowest BCUT2D eigenvalue weighted by Crippen LogP contribution is -2.14. The lowest BCUT2D eigenvalue weighted by Gasteiger charge is -2.11. The van der Waals surface area contributed by atoms with E-state index in [-0.39, 0.29) is 12.4 Å². The smallest absolute Gasteiger partial charge is 0.211 e. The molecule has 0 spiro atoms. The number of pyridine rings is 1. The van der Waals surface area contributed by atoms with Crippen molar-refractivity contribution in [2.24, 2.45) is 10.1 Å². The second-order valence-electron chi connectivity index (χ2n) is 7.25. The molecule has 0 bridgehead atoms. The van der Waals surface area contributed by atoms with Crippen LogP contribution in [0.3, 0.4) is 0 Å². The van der Waals surface area contributed by atoms with Gasteiger partial charge in [-0.1, -0.05) is 6.07 Å². The van der Waals surface area contributed by atoms with Crippen LogP contribution in [0.4, 0.5) is 5.69 Å². The fraction of sp³-hybridized carbons (Fsp3) is 0.192. The van der Waals surface area contributed by atoms with Crippen LogP contribution in [0.1, 0.15) is 19.4 Å². The van der Waals surface area contributed by atoms with Crippen LogP contribution in [-0.4, -0.2) is 36.2 Å². The van der Waals surface area contributed by atoms with Crippen molar-refractivity contribution >= 4 is 35.1 Å². The maximum Gasteiger partial charge on any atom is 0.211 e. The monoisotopic (exact) mass is 510 g/mol. The van der Waals surface area contributed by atoms with Crippen molar-refractivity contribution < 1.29 is 14.2 Å². The molecule has 2 heterocycles. The maximum atomic E-state index is 5.66. The molecule has 0 aliphatic rings. The molecule has 4 aromatic rings. The first-order chi connectivity index (χ1) is 16.6. The van der Waals surface area contributed by atoms with E-state index >= 15 is 0 Å². The molecule has 0 radical (unpaired) electrons. The molecule has 0 unspecified atom stereocenters. The summed E-state index contributed by atoms with van der Waals surface area (Å²) in [6.07, 6.45) is 3.54. The third-order valence-electron chi connectivity index (χ3n) is 5.07. The molecule has 0 fully saturated rings. The molecule has 9 heteroatoms. The predicted molar refractivity (Wildman–Crippen MR) is 143 cm³/mol. The van der Waals surface area contributed by atoms with E-state index in [2.05, 4.69) is 4.98 Å². The Morgan fingerprint density at radius 2 is 1.80 bits per heavy atom. The Bertz CT molecular complexity index is 1350. The summed E-state index contributed by atoms with van der Waals surface area (Å²) in [5.41, 5.74) is 4.30. The SMILES string of the molecule is CCOc1ccc(N=c2scc(-c3ccc(OC)cc3OC)n2/N=C(\C)c2cccnc2)cc1.Cl. The van der Waals surface area contributed by atoms with Crippen LogP contribution >= 0.6 is 23.7 Å². The molecular formula is C26H27ClN4O3S. The van der Waals surface area contributed by atoms with Gasteiger partial charge >= 0.3 is 0 Å². The third-order valence-corrected chi connectivity index (χ3v) is 5.89. The summed E-state index contributed by atoms with van der Waals surface area (Å²) in [6.45, 7) is 4.54. The minimum Gasteiger partial charge on any atom is -0.497 e. The number of hydrogen-bond acceptors (Lipinski definition) is 7. The summed E-state index contributed by atoms with van der Waals surface area (Å²) in [5.74, 6) is 2.22. The van der Waals surface area contributed by atoms with E-state index in [9.17, 15) is 0 Å². The normalized spacial score (nSPS) is 11.7. The number of rotatable bonds is 8. The highest BCUT2D eigenvalue weighted by Crippen LogP contribution is 2.34. The molecule has 0 saturated heterocycles. The van der Waals surface area contributed by atoms with E-state index in [1.165, 1.54) is 11.3 Å². The first-order valence-corrected chi connectivity index (χ1v) is 11.7. The topological polar surface area (TPSA) is 70.2 Å². The second kappa shape index (κ2) is 12.2. The molecule has 0 saturated carbocycles. The Balaban J connectivity index is 0.00000342. The van der Waals surface area contributed by atoms with Crippen molar-refractivity contribution in [2.45, 2.75) is 13.8 Å². The largest absolute Gasteiger partial charge is 0.497 e. The number of nitrogens with zero attached hydrogens (tertiary/aromatic N) is 4. The Hall–Kier alpha value is -3.62. The Labute approximate surface area is 214 Å². The summed E-state index contributed by atoms with van der Waals surface area (Å²) in [4.78, 5) is 9.80. The van der Waals surface area contributed by atoms with E-state index in [0.29, 0.717) is 12.4 Å². The van der Waals surface area contributed by atoms with Crippen molar-refractivity contribution in [2.75, 3.05) is 20.8 Å². The van der Waals surface area contributed by atoms with Crippen LogP contribution in [0.2, 0.25) is 0 Å². The number of aromatic nitrogens is 2. The van der Waals surface area contributed by atoms with Gasteiger partial charge in [-0.2, -0.15) is 5.10 Å². The summed E-state index contributed by atoms with van der Waals surface area (Å²) in [5, 5.41) is 6.95. The second-order valence-corrected chi connectivity index (χ2v) is 8.08. The lowest BCUT2D eigenvalue weighted by molar-refractivity contribution is 0.340. The van der Waals surface area contributed by atoms with Crippen LogP contribution in [-0.2, 0) is 0 Å². The fourth-order valence-electron chi connectivity index (χ4n) is 3.35. The minimum absolute atomic E-state index is 0. The summed E-state index contributed by atoms with van der Waals surface area (Å²) in [7, 11) is 3.28. The zero-order chi connectivity index (χ0) is 23.9. The molecule has 182 valence electrons. The number of hydrogen-bond donors (Lipinski definition) is 0. The predicted octanol–water partition coefficient (Wildman–Crippen LogP) is 5.95. The van der Waals surface area contributed by atoms with Crippen LogP contribution in [0.15, 0.2) is 82.5 Å². The van der Waals surface area contributed by atoms with E-state index < -0.39 is 0 Å². The van der Waals surface area contributed by atoms with Crippen LogP contribution in [0.5, 0.6) is 17.2 Å². The van der Waals surface area contributed by atoms with Crippen molar-refractivity contribution in [3.8, 4) is 28.5 Å². The van der Waals surface area contributed by atoms with Gasteiger partial charge < -0.3 is 14.2 Å². The van der Waals surface area contributed by atoms with Crippen molar-refractivity contribution in [1.29, 1.82) is 0 Å². The zero-order valence-electron chi connectivity index (χ0n) is 20.0. The standard InChI is InChI=1S/C26H26N4O3S.ClH/c1-5-33-21-10-8-20(9-11-21)28-26-30(29-18(2)19-7-6-14-27-16-19)24(17-34-26)23-13-12-22(31-3)15-25(23)32-4;/h6-17H,5H2,1-4H3;1H/b28-26?,29-18+;. The van der Waals surface area contributed by atoms with Gasteiger partial charge in [-0.25, -0.2) is 9.67 Å². The molecule has 0 aliphatic heterocycles. The lowest BCUT2D eigenvalue weighted by atomic mass is 10.1. The fourth-order valence-corrected chi connectivity index (χ4v) is 4.19. The van der Waals surface area contributed by atoms with Gasteiger partial charge in [0.05, 0.1) is 37.9 Å². The molecule has 0 amide bonds. The van der Waals surface area contributed by atoms with Gasteiger partial charge in [0.2, 0.25) is 4.80 Å². The van der Waals surface area contributed by atoms with Gasteiger partial charge in [0.15, 0.2) is 0 Å². The molecule has 0 atom stereocenters. The number of thiazole rings is 1. The van der Waals surface area contributed by atoms with Gasteiger partial charge in [-0.15, -0.1) is 23.7 Å². The molecule has 35 heavy (non-hydrogen) atoms. The Kier molecular flexibility index (Phi) is 9.05. The quantitative estimate of drug-likeness (QED) is 0.274. The summed E-state index contributed by atoms with van der Waals surface area (Å²) < 4.78 is 18.4. The number of ether oxygens (including phenoxy) is 3. The maximum absolute atomic E-state index is 5.66. The van der Waals surface area contributed by atoms with Crippen molar-refractivity contribution in [1.82, 2.24) is 9.66 Å². The summed E-state index contributed by atoms with van der Waals surface area (Å²) in [6, 6.07) is 17.3. The molecule has 2 aromatic carbocycles. The van der Waals surface area contributed by atoms with Crippen LogP contribution in [0.25, 0.3) is 11.3 Å². The zero-order valence-corrected chi connectivity index (χ0v) is 21.6. The first kappa shape index (κ1) is 26.0. The van der Waals surface area contributed by atoms with E-state index in [4.69, 9.17) is 24.3 Å². The minimum atomic E-state index is 0. The average Bonchev–Trinajstić information content (AvgIpc) is 3.26. The number of benzene rings is 2. The van der Waals surface area contributed by atoms with Gasteiger partial charge in [0.1, 0.15) is 17.2 Å². The number of methoxy groups -OCH3 is 2. The number of halogens is 1. The highest BCUT2D eigenvalue weighted by Gasteiger charge is 2.14. The van der Waals surface area contributed by atoms with Crippen molar-refractivity contribution in [3.63, 3.8) is 0 Å². The highest BCUT2D eigenvalue weighted by atomic mass is 35.5. The molecule has 4 rings (SSSR count). The third kappa shape index (κ3) is 6.09. The molecular weight excluding hydrogens is 484 g/mol. The van der Waals surface area contributed by atoms with Gasteiger partial charge in [0.25, 0.3) is 0 Å². The van der Waals surface area contributed by atoms with Gasteiger partial charge in [-0.3, -0.25) is 4.98 Å². The summed E-state index contributed by atoms with van der Waals surface area (Å²) >= 11 is 1.50. The van der Waals surface area contributed by atoms with E-state index in [1.54, 1.807) is 26.6 Å². The molecule has 0 N–H and O–H groups in total. The van der Waals surface area contributed by atoms with Crippen LogP contribution < -0.4 is 19.0 Å². The van der Waals surface area contributed by atoms with Gasteiger partial charge in [-0.05, 0) is 56.3 Å². The molecule has 7 nitrogen and oxygen atoms in total. The average molecular weight is 511 g/mol. The van der Waals surface area contributed by atoms with Crippen LogP contribution in [0, 0.1) is 0 Å². The first-order valence-electron chi connectivity index (χ1n) is 10.8. The van der Waals surface area contributed by atoms with E-state index in [1.807, 2.05) is 78.5 Å². The Morgan fingerprint density at radius 1 is 1.03 bits per heavy atom. The Morgan fingerprint density at radius 3 is 2.46 bits per heavy atom. The molecule has 2 aromatic heterocycles. The highest BCUT2D eigenvalue weighted by molar-refractivity contribution is 7.07. The molecule has 0 aliphatic carbocycles.